The van der Waals surface area contributed by atoms with Crippen molar-refractivity contribution in [3.8, 4) is 11.8 Å². The molecule has 1 aliphatic rings. The van der Waals surface area contributed by atoms with Gasteiger partial charge in [0.25, 0.3) is 0 Å². The molecule has 2 rings (SSSR count). The molecule has 1 unspecified atom stereocenters. The molecule has 1 aromatic rings. The summed E-state index contributed by atoms with van der Waals surface area (Å²) in [5, 5.41) is 23.3. The summed E-state index contributed by atoms with van der Waals surface area (Å²) in [4.78, 5) is 12.6. The molecule has 106 valence electrons. The highest BCUT2D eigenvalue weighted by atomic mass is 16.6. The van der Waals surface area contributed by atoms with Gasteiger partial charge in [0.05, 0.1) is 18.1 Å². The highest BCUT2D eigenvalue weighted by Gasteiger charge is 2.23. The SMILES string of the molecule is COc1ccc(CN2CCNCC2C#N)cc1[N+](=O)[O-]. The molecule has 0 aromatic heterocycles. The lowest BCUT2D eigenvalue weighted by Crippen LogP contribution is -2.49. The number of nitro groups is 1. The molecular formula is C13H16N4O3. The zero-order valence-corrected chi connectivity index (χ0v) is 11.2. The van der Waals surface area contributed by atoms with Gasteiger partial charge in [-0.05, 0) is 11.6 Å². The maximum Gasteiger partial charge on any atom is 0.311 e. The number of nitrogens with one attached hydrogen (secondary N) is 1. The minimum absolute atomic E-state index is 0.0476. The van der Waals surface area contributed by atoms with Gasteiger partial charge in [0, 0.05) is 32.2 Å². The first kappa shape index (κ1) is 14.2. The van der Waals surface area contributed by atoms with Crippen LogP contribution in [0, 0.1) is 21.4 Å². The van der Waals surface area contributed by atoms with Crippen molar-refractivity contribution < 1.29 is 9.66 Å². The molecule has 20 heavy (non-hydrogen) atoms. The lowest BCUT2D eigenvalue weighted by Gasteiger charge is -2.31. The van der Waals surface area contributed by atoms with Crippen molar-refractivity contribution >= 4 is 5.69 Å². The molecule has 7 nitrogen and oxygen atoms in total. The number of piperazine rings is 1. The van der Waals surface area contributed by atoms with Gasteiger partial charge >= 0.3 is 5.69 Å². The molecular weight excluding hydrogens is 260 g/mol. The number of nitrogens with zero attached hydrogens (tertiary/aromatic N) is 3. The minimum Gasteiger partial charge on any atom is -0.490 e. The zero-order chi connectivity index (χ0) is 14.5. The fourth-order valence-corrected chi connectivity index (χ4v) is 2.27. The summed E-state index contributed by atoms with van der Waals surface area (Å²) in [7, 11) is 1.41. The smallest absolute Gasteiger partial charge is 0.311 e. The van der Waals surface area contributed by atoms with Gasteiger partial charge < -0.3 is 10.1 Å². The molecule has 0 saturated carbocycles. The van der Waals surface area contributed by atoms with E-state index in [0.717, 1.165) is 18.7 Å². The molecule has 1 aliphatic heterocycles. The summed E-state index contributed by atoms with van der Waals surface area (Å²) in [6.45, 7) is 2.70. The maximum absolute atomic E-state index is 11.0. The second kappa shape index (κ2) is 6.32. The molecule has 1 saturated heterocycles. The quantitative estimate of drug-likeness (QED) is 0.649. The molecule has 1 fully saturated rings. The Kier molecular flexibility index (Phi) is 4.50. The van der Waals surface area contributed by atoms with Crippen LogP contribution in [-0.4, -0.2) is 42.6 Å². The molecule has 1 heterocycles. The molecule has 0 spiro atoms. The van der Waals surface area contributed by atoms with Crippen molar-refractivity contribution in [2.24, 2.45) is 0 Å². The van der Waals surface area contributed by atoms with E-state index < -0.39 is 4.92 Å². The number of nitriles is 1. The van der Waals surface area contributed by atoms with Gasteiger partial charge in [0.1, 0.15) is 6.04 Å². The topological polar surface area (TPSA) is 91.4 Å². The first-order chi connectivity index (χ1) is 9.65. The van der Waals surface area contributed by atoms with Crippen LogP contribution in [0.2, 0.25) is 0 Å². The second-order valence-electron chi connectivity index (χ2n) is 4.58. The van der Waals surface area contributed by atoms with Crippen molar-refractivity contribution in [2.75, 3.05) is 26.7 Å². The van der Waals surface area contributed by atoms with E-state index in [-0.39, 0.29) is 17.5 Å². The Balaban J connectivity index is 2.19. The molecule has 0 bridgehead atoms. The van der Waals surface area contributed by atoms with Gasteiger partial charge in [0.15, 0.2) is 5.75 Å². The summed E-state index contributed by atoms with van der Waals surface area (Å²) in [5.41, 5.74) is 0.758. The van der Waals surface area contributed by atoms with Crippen molar-refractivity contribution in [3.05, 3.63) is 33.9 Å². The van der Waals surface area contributed by atoms with Gasteiger partial charge in [-0.1, -0.05) is 6.07 Å². The molecule has 0 aliphatic carbocycles. The number of hydrogen-bond donors (Lipinski definition) is 1. The van der Waals surface area contributed by atoms with E-state index in [2.05, 4.69) is 11.4 Å². The number of ether oxygens (including phenoxy) is 1. The van der Waals surface area contributed by atoms with Gasteiger partial charge in [0.2, 0.25) is 0 Å². The molecule has 7 heteroatoms. The van der Waals surface area contributed by atoms with Crippen LogP contribution in [0.5, 0.6) is 5.75 Å². The normalized spacial score (nSPS) is 19.3. The second-order valence-corrected chi connectivity index (χ2v) is 4.58. The molecule has 0 amide bonds. The molecule has 0 radical (unpaired) electrons. The van der Waals surface area contributed by atoms with E-state index in [0.29, 0.717) is 13.1 Å². The Bertz CT molecular complexity index is 541. The molecule has 1 atom stereocenters. The van der Waals surface area contributed by atoms with Crippen molar-refractivity contribution in [1.82, 2.24) is 10.2 Å². The van der Waals surface area contributed by atoms with E-state index in [4.69, 9.17) is 10.00 Å². The number of nitro benzene ring substituents is 1. The van der Waals surface area contributed by atoms with Crippen LogP contribution in [-0.2, 0) is 6.54 Å². The summed E-state index contributed by atoms with van der Waals surface area (Å²) < 4.78 is 4.98. The predicted octanol–water partition coefficient (Wildman–Crippen LogP) is 0.901. The standard InChI is InChI=1S/C13H16N4O3/c1-20-13-3-2-10(6-12(13)17(18)19)9-16-5-4-15-8-11(16)7-14/h2-3,6,11,15H,4-5,8-9H2,1H3. The fraction of sp³-hybridized carbons (Fsp3) is 0.462. The summed E-state index contributed by atoms with van der Waals surface area (Å²) in [6.07, 6.45) is 0. The fourth-order valence-electron chi connectivity index (χ4n) is 2.27. The van der Waals surface area contributed by atoms with Gasteiger partial charge in [-0.2, -0.15) is 5.26 Å². The first-order valence-corrected chi connectivity index (χ1v) is 6.31. The summed E-state index contributed by atoms with van der Waals surface area (Å²) in [6, 6.07) is 6.93. The number of benzene rings is 1. The largest absolute Gasteiger partial charge is 0.490 e. The monoisotopic (exact) mass is 276 g/mol. The van der Waals surface area contributed by atoms with Crippen LogP contribution in [0.25, 0.3) is 0 Å². The van der Waals surface area contributed by atoms with Crippen LogP contribution in [0.3, 0.4) is 0 Å². The lowest BCUT2D eigenvalue weighted by atomic mass is 10.1. The van der Waals surface area contributed by atoms with Crippen LogP contribution in [0.4, 0.5) is 5.69 Å². The predicted molar refractivity (Wildman–Crippen MR) is 72.3 cm³/mol. The van der Waals surface area contributed by atoms with Crippen molar-refractivity contribution in [1.29, 1.82) is 5.26 Å². The maximum atomic E-state index is 11.0. The van der Waals surface area contributed by atoms with Crippen molar-refractivity contribution in [3.63, 3.8) is 0 Å². The Hall–Kier alpha value is -2.17. The number of rotatable bonds is 4. The average Bonchev–Trinajstić information content (AvgIpc) is 2.47. The summed E-state index contributed by atoms with van der Waals surface area (Å²) in [5.74, 6) is 0.246. The minimum atomic E-state index is -0.456. The van der Waals surface area contributed by atoms with E-state index >= 15 is 0 Å². The number of hydrogen-bond acceptors (Lipinski definition) is 6. The van der Waals surface area contributed by atoms with E-state index in [1.165, 1.54) is 13.2 Å². The highest BCUT2D eigenvalue weighted by molar-refractivity contribution is 5.48. The van der Waals surface area contributed by atoms with Crippen molar-refractivity contribution in [2.45, 2.75) is 12.6 Å². The average molecular weight is 276 g/mol. The van der Waals surface area contributed by atoms with Crippen LogP contribution < -0.4 is 10.1 Å². The van der Waals surface area contributed by atoms with Crippen LogP contribution >= 0.6 is 0 Å². The van der Waals surface area contributed by atoms with Crippen LogP contribution in [0.1, 0.15) is 5.56 Å². The third-order valence-corrected chi connectivity index (χ3v) is 3.33. The van der Waals surface area contributed by atoms with Gasteiger partial charge in [-0.3, -0.25) is 15.0 Å². The third kappa shape index (κ3) is 3.04. The molecule has 1 N–H and O–H groups in total. The Morgan fingerprint density at radius 3 is 3.10 bits per heavy atom. The van der Waals surface area contributed by atoms with E-state index in [1.807, 2.05) is 4.90 Å². The highest BCUT2D eigenvalue weighted by Crippen LogP contribution is 2.28. The zero-order valence-electron chi connectivity index (χ0n) is 11.2. The Morgan fingerprint density at radius 1 is 1.65 bits per heavy atom. The van der Waals surface area contributed by atoms with Crippen LogP contribution in [0.15, 0.2) is 18.2 Å². The lowest BCUT2D eigenvalue weighted by molar-refractivity contribution is -0.385. The molecule has 1 aromatic carbocycles. The Labute approximate surface area is 116 Å². The number of methoxy groups -OCH3 is 1. The van der Waals surface area contributed by atoms with E-state index in [9.17, 15) is 10.1 Å². The summed E-state index contributed by atoms with van der Waals surface area (Å²) >= 11 is 0. The van der Waals surface area contributed by atoms with E-state index in [1.54, 1.807) is 12.1 Å². The first-order valence-electron chi connectivity index (χ1n) is 6.31. The van der Waals surface area contributed by atoms with Gasteiger partial charge in [-0.25, -0.2) is 0 Å². The Morgan fingerprint density at radius 2 is 2.45 bits per heavy atom. The third-order valence-electron chi connectivity index (χ3n) is 3.33. The van der Waals surface area contributed by atoms with Gasteiger partial charge in [-0.15, -0.1) is 0 Å².